The number of amides is 2. The summed E-state index contributed by atoms with van der Waals surface area (Å²) in [5, 5.41) is 10.8. The smallest absolute Gasteiger partial charge is 0.373 e. The van der Waals surface area contributed by atoms with Gasteiger partial charge in [-0.3, -0.25) is 24.6 Å². The normalized spacial score (nSPS) is 14.8. The zero-order valence-electron chi connectivity index (χ0n) is 16.8. The number of thioether (sulfide) groups is 1. The summed E-state index contributed by atoms with van der Waals surface area (Å²) < 4.78 is 15.5. The zero-order chi connectivity index (χ0) is 23.7. The fourth-order valence-corrected chi connectivity index (χ4v) is 4.01. The van der Waals surface area contributed by atoms with Crippen molar-refractivity contribution in [3.63, 3.8) is 0 Å². The van der Waals surface area contributed by atoms with E-state index in [-0.39, 0.29) is 45.2 Å². The van der Waals surface area contributed by atoms with Crippen molar-refractivity contribution in [3.05, 3.63) is 79.8 Å². The van der Waals surface area contributed by atoms with Gasteiger partial charge in [-0.15, -0.1) is 0 Å². The maximum atomic E-state index is 12.7. The maximum Gasteiger partial charge on any atom is 0.373 e. The molecule has 0 atom stereocenters. The number of methoxy groups -OCH3 is 1. The molecule has 0 unspecified atom stereocenters. The van der Waals surface area contributed by atoms with Crippen LogP contribution >= 0.6 is 23.4 Å². The molecule has 4 rings (SSSR count). The van der Waals surface area contributed by atoms with Gasteiger partial charge in [0.1, 0.15) is 17.3 Å². The molecule has 0 bridgehead atoms. The van der Waals surface area contributed by atoms with Crippen LogP contribution in [0.4, 0.5) is 10.5 Å². The molecule has 3 aromatic rings. The summed E-state index contributed by atoms with van der Waals surface area (Å²) in [5.41, 5.74) is 0.166. The van der Waals surface area contributed by atoms with Crippen LogP contribution in [0, 0.1) is 10.1 Å². The molecule has 168 valence electrons. The highest BCUT2D eigenvalue weighted by Crippen LogP contribution is 2.36. The van der Waals surface area contributed by atoms with E-state index in [1.165, 1.54) is 43.5 Å². The van der Waals surface area contributed by atoms with Crippen LogP contribution in [-0.4, -0.2) is 34.0 Å². The number of imide groups is 1. The van der Waals surface area contributed by atoms with Crippen molar-refractivity contribution in [2.75, 3.05) is 7.11 Å². The Hall–Kier alpha value is -3.83. The number of benzene rings is 1. The summed E-state index contributed by atoms with van der Waals surface area (Å²) in [7, 11) is 1.21. The average molecular weight is 489 g/mol. The first-order chi connectivity index (χ1) is 15.8. The van der Waals surface area contributed by atoms with Gasteiger partial charge >= 0.3 is 5.97 Å². The summed E-state index contributed by atoms with van der Waals surface area (Å²) in [5.74, 6) is -0.526. The number of ether oxygens (including phenoxy) is 1. The van der Waals surface area contributed by atoms with Crippen LogP contribution in [0.25, 0.3) is 17.4 Å². The van der Waals surface area contributed by atoms with Gasteiger partial charge in [0.05, 0.1) is 28.5 Å². The Balaban J connectivity index is 1.53. The molecule has 2 aromatic heterocycles. The maximum absolute atomic E-state index is 12.7. The van der Waals surface area contributed by atoms with Crippen molar-refractivity contribution in [2.45, 2.75) is 6.54 Å². The number of hydrogen-bond acceptors (Lipinski definition) is 9. The van der Waals surface area contributed by atoms with Crippen LogP contribution in [0.15, 0.2) is 56.2 Å². The van der Waals surface area contributed by atoms with Crippen LogP contribution in [0.3, 0.4) is 0 Å². The molecular formula is C21H13ClN2O8S. The van der Waals surface area contributed by atoms with E-state index < -0.39 is 22.0 Å². The predicted octanol–water partition coefficient (Wildman–Crippen LogP) is 5.12. The Kier molecular flexibility index (Phi) is 6.07. The van der Waals surface area contributed by atoms with Gasteiger partial charge in [0.25, 0.3) is 16.8 Å². The van der Waals surface area contributed by atoms with Gasteiger partial charge in [0.2, 0.25) is 5.76 Å². The molecule has 1 aliphatic heterocycles. The molecule has 1 aliphatic rings. The first kappa shape index (κ1) is 22.4. The van der Waals surface area contributed by atoms with Gasteiger partial charge in [-0.05, 0) is 42.1 Å². The predicted molar refractivity (Wildman–Crippen MR) is 117 cm³/mol. The Morgan fingerprint density at radius 2 is 2.00 bits per heavy atom. The molecule has 10 nitrogen and oxygen atoms in total. The summed E-state index contributed by atoms with van der Waals surface area (Å²) >= 11 is 6.86. The molecule has 1 saturated heterocycles. The Morgan fingerprint density at radius 1 is 1.21 bits per heavy atom. The topological polar surface area (TPSA) is 133 Å². The first-order valence-electron chi connectivity index (χ1n) is 9.23. The number of hydrogen-bond donors (Lipinski definition) is 0. The second kappa shape index (κ2) is 8.96. The molecule has 0 saturated carbocycles. The average Bonchev–Trinajstić information content (AvgIpc) is 3.51. The van der Waals surface area contributed by atoms with Gasteiger partial charge in [-0.2, -0.15) is 0 Å². The highest BCUT2D eigenvalue weighted by molar-refractivity contribution is 8.18. The van der Waals surface area contributed by atoms with Crippen molar-refractivity contribution in [2.24, 2.45) is 0 Å². The lowest BCUT2D eigenvalue weighted by Crippen LogP contribution is -2.27. The number of halogens is 1. The largest absolute Gasteiger partial charge is 0.463 e. The number of nitrogens with zero attached hydrogens (tertiary/aromatic N) is 2. The molecule has 33 heavy (non-hydrogen) atoms. The molecule has 0 radical (unpaired) electrons. The second-order valence-electron chi connectivity index (χ2n) is 6.65. The van der Waals surface area contributed by atoms with Gasteiger partial charge in [-0.25, -0.2) is 4.79 Å². The lowest BCUT2D eigenvalue weighted by atomic mass is 10.1. The van der Waals surface area contributed by atoms with Crippen molar-refractivity contribution in [1.29, 1.82) is 0 Å². The third-order valence-corrected chi connectivity index (χ3v) is 5.80. The lowest BCUT2D eigenvalue weighted by molar-refractivity contribution is -0.384. The first-order valence-corrected chi connectivity index (χ1v) is 10.4. The van der Waals surface area contributed by atoms with E-state index in [1.807, 2.05) is 0 Å². The molecule has 0 spiro atoms. The third-order valence-electron chi connectivity index (χ3n) is 4.56. The van der Waals surface area contributed by atoms with E-state index >= 15 is 0 Å². The molecule has 3 heterocycles. The minimum absolute atomic E-state index is 0.0436. The van der Waals surface area contributed by atoms with E-state index in [9.17, 15) is 24.5 Å². The van der Waals surface area contributed by atoms with Crippen molar-refractivity contribution in [3.8, 4) is 11.3 Å². The molecule has 0 N–H and O–H groups in total. The quantitative estimate of drug-likeness (QED) is 0.200. The number of furan rings is 2. The molecule has 12 heteroatoms. The Morgan fingerprint density at radius 3 is 2.73 bits per heavy atom. The number of rotatable bonds is 6. The summed E-state index contributed by atoms with van der Waals surface area (Å²) in [4.78, 5) is 48.1. The van der Waals surface area contributed by atoms with Crippen molar-refractivity contribution in [1.82, 2.24) is 4.90 Å². The SMILES string of the molecule is COC(=O)c1ccc(CN2C(=O)SC(=Cc3ccc(-c4cc([N+](=O)[O-])ccc4Cl)o3)C2=O)o1. The number of nitro groups is 1. The number of nitro benzene ring substituents is 1. The second-order valence-corrected chi connectivity index (χ2v) is 8.05. The fraction of sp³-hybridized carbons (Fsp3) is 0.0952. The monoisotopic (exact) mass is 488 g/mol. The molecular weight excluding hydrogens is 476 g/mol. The number of non-ortho nitro benzene ring substituents is 1. The van der Waals surface area contributed by atoms with E-state index in [0.717, 1.165) is 16.7 Å². The Bertz CT molecular complexity index is 1330. The van der Waals surface area contributed by atoms with E-state index in [1.54, 1.807) is 12.1 Å². The van der Waals surface area contributed by atoms with Crippen molar-refractivity contribution < 1.29 is 32.9 Å². The third kappa shape index (κ3) is 4.54. The fourth-order valence-electron chi connectivity index (χ4n) is 2.99. The van der Waals surface area contributed by atoms with Gasteiger partial charge < -0.3 is 13.6 Å². The van der Waals surface area contributed by atoms with Gasteiger partial charge in [0.15, 0.2) is 0 Å². The Labute approximate surface area is 194 Å². The van der Waals surface area contributed by atoms with E-state index in [4.69, 9.17) is 20.4 Å². The van der Waals surface area contributed by atoms with Crippen LogP contribution < -0.4 is 0 Å². The molecule has 1 aromatic carbocycles. The van der Waals surface area contributed by atoms with E-state index in [0.29, 0.717) is 5.56 Å². The van der Waals surface area contributed by atoms with E-state index in [2.05, 4.69) is 4.74 Å². The standard InChI is InChI=1S/C21H13ClN2O8S/c1-30-20(26)17-7-4-13(32-17)10-23-19(25)18(33-21(23)27)9-12-3-6-16(31-12)14-8-11(24(28)29)2-5-15(14)22/h2-9H,10H2,1H3. The highest BCUT2D eigenvalue weighted by Gasteiger charge is 2.36. The lowest BCUT2D eigenvalue weighted by Gasteiger charge is -2.09. The van der Waals surface area contributed by atoms with Crippen LogP contribution in [0.5, 0.6) is 0 Å². The number of carbonyl (C=O) groups excluding carboxylic acids is 3. The van der Waals surface area contributed by atoms with Crippen LogP contribution in [0.2, 0.25) is 5.02 Å². The summed E-state index contributed by atoms with van der Waals surface area (Å²) in [6.45, 7) is -0.161. The van der Waals surface area contributed by atoms with Gasteiger partial charge in [0, 0.05) is 23.8 Å². The summed E-state index contributed by atoms with van der Waals surface area (Å²) in [6, 6.07) is 9.92. The molecule has 0 aliphatic carbocycles. The van der Waals surface area contributed by atoms with Crippen molar-refractivity contribution >= 4 is 52.2 Å². The van der Waals surface area contributed by atoms with Crippen LogP contribution in [-0.2, 0) is 16.1 Å². The minimum atomic E-state index is -0.673. The molecule has 2 amide bonds. The van der Waals surface area contributed by atoms with Gasteiger partial charge in [-0.1, -0.05) is 11.6 Å². The zero-order valence-corrected chi connectivity index (χ0v) is 18.3. The number of carbonyl (C=O) groups is 3. The highest BCUT2D eigenvalue weighted by atomic mass is 35.5. The number of esters is 1. The van der Waals surface area contributed by atoms with Crippen LogP contribution in [0.1, 0.15) is 22.1 Å². The minimum Gasteiger partial charge on any atom is -0.463 e. The summed E-state index contributed by atoms with van der Waals surface area (Å²) in [6.07, 6.45) is 1.39. The molecule has 1 fully saturated rings.